The molecule has 18 heavy (non-hydrogen) atoms. The molecule has 0 radical (unpaired) electrons. The molecule has 3 heteroatoms. The molecule has 0 amide bonds. The molecule has 1 fully saturated rings. The second-order valence-electron chi connectivity index (χ2n) is 5.43. The molecular weight excluding hydrogens is 224 g/mol. The van der Waals surface area contributed by atoms with E-state index in [2.05, 4.69) is 42.8 Å². The van der Waals surface area contributed by atoms with Crippen molar-refractivity contribution in [3.63, 3.8) is 0 Å². The maximum Gasteiger partial charge on any atom is 0.0684 e. The van der Waals surface area contributed by atoms with Crippen molar-refractivity contribution in [3.05, 3.63) is 29.3 Å². The summed E-state index contributed by atoms with van der Waals surface area (Å²) in [5, 5.41) is 9.23. The van der Waals surface area contributed by atoms with Crippen LogP contribution in [-0.2, 0) is 6.61 Å². The monoisotopic (exact) mass is 248 g/mol. The van der Waals surface area contributed by atoms with Crippen molar-refractivity contribution in [1.29, 1.82) is 0 Å². The Morgan fingerprint density at radius 3 is 2.78 bits per heavy atom. The maximum atomic E-state index is 9.23. The lowest BCUT2D eigenvalue weighted by Gasteiger charge is -2.30. The number of aryl methyl sites for hydroxylation is 1. The molecule has 1 aliphatic heterocycles. The molecule has 1 N–H and O–H groups in total. The normalized spacial score (nSPS) is 22.0. The molecule has 100 valence electrons. The standard InChI is InChI=1S/C15H24N2O/c1-12-9-15(6-5-14(12)11-18)17-8-4-7-16(3)10-13(17)2/h5-6,9,13,18H,4,7-8,10-11H2,1-3H3. The van der Waals surface area contributed by atoms with Gasteiger partial charge >= 0.3 is 0 Å². The van der Waals surface area contributed by atoms with Gasteiger partial charge in [0, 0.05) is 24.8 Å². The molecule has 1 aliphatic rings. The van der Waals surface area contributed by atoms with Gasteiger partial charge < -0.3 is 14.9 Å². The third-order valence-electron chi connectivity index (χ3n) is 3.87. The van der Waals surface area contributed by atoms with Crippen LogP contribution < -0.4 is 4.90 Å². The van der Waals surface area contributed by atoms with E-state index >= 15 is 0 Å². The van der Waals surface area contributed by atoms with Crippen molar-refractivity contribution in [2.45, 2.75) is 32.9 Å². The fourth-order valence-electron chi connectivity index (χ4n) is 2.79. The third kappa shape index (κ3) is 2.85. The first kappa shape index (κ1) is 13.4. The second kappa shape index (κ2) is 5.72. The van der Waals surface area contributed by atoms with Crippen LogP contribution in [0.5, 0.6) is 0 Å². The number of nitrogens with zero attached hydrogens (tertiary/aromatic N) is 2. The lowest BCUT2D eigenvalue weighted by Crippen LogP contribution is -2.37. The van der Waals surface area contributed by atoms with Crippen LogP contribution in [0.25, 0.3) is 0 Å². The zero-order valence-corrected chi connectivity index (χ0v) is 11.7. The maximum absolute atomic E-state index is 9.23. The minimum absolute atomic E-state index is 0.129. The van der Waals surface area contributed by atoms with Gasteiger partial charge in [0.2, 0.25) is 0 Å². The van der Waals surface area contributed by atoms with Gasteiger partial charge in [0.15, 0.2) is 0 Å². The van der Waals surface area contributed by atoms with Crippen molar-refractivity contribution in [1.82, 2.24) is 4.90 Å². The average Bonchev–Trinajstić information content (AvgIpc) is 2.50. The van der Waals surface area contributed by atoms with Gasteiger partial charge in [-0.15, -0.1) is 0 Å². The smallest absolute Gasteiger partial charge is 0.0684 e. The van der Waals surface area contributed by atoms with Crippen molar-refractivity contribution < 1.29 is 5.11 Å². The summed E-state index contributed by atoms with van der Waals surface area (Å²) in [6.07, 6.45) is 1.21. The zero-order valence-electron chi connectivity index (χ0n) is 11.7. The van der Waals surface area contributed by atoms with Crippen LogP contribution in [-0.4, -0.2) is 42.7 Å². The Balaban J connectivity index is 2.21. The van der Waals surface area contributed by atoms with Crippen molar-refractivity contribution in [2.75, 3.05) is 31.6 Å². The molecular formula is C15H24N2O. The van der Waals surface area contributed by atoms with Crippen molar-refractivity contribution in [2.24, 2.45) is 0 Å². The predicted octanol–water partition coefficient (Wildman–Crippen LogP) is 2.02. The van der Waals surface area contributed by atoms with Crippen LogP contribution >= 0.6 is 0 Å². The molecule has 1 heterocycles. The molecule has 2 rings (SSSR count). The van der Waals surface area contributed by atoms with E-state index in [0.29, 0.717) is 6.04 Å². The SMILES string of the molecule is Cc1cc(N2CCCN(C)CC2C)ccc1CO. The van der Waals surface area contributed by atoms with Crippen LogP contribution in [0.2, 0.25) is 0 Å². The van der Waals surface area contributed by atoms with E-state index in [1.807, 2.05) is 6.07 Å². The van der Waals surface area contributed by atoms with E-state index in [1.54, 1.807) is 0 Å². The molecule has 0 saturated carbocycles. The number of anilines is 1. The Kier molecular flexibility index (Phi) is 4.25. The van der Waals surface area contributed by atoms with Gasteiger partial charge in [-0.3, -0.25) is 0 Å². The first-order valence-corrected chi connectivity index (χ1v) is 6.77. The largest absolute Gasteiger partial charge is 0.392 e. The number of rotatable bonds is 2. The summed E-state index contributed by atoms with van der Waals surface area (Å²) < 4.78 is 0. The highest BCUT2D eigenvalue weighted by Gasteiger charge is 2.20. The van der Waals surface area contributed by atoms with Gasteiger partial charge in [-0.25, -0.2) is 0 Å². The van der Waals surface area contributed by atoms with E-state index in [4.69, 9.17) is 0 Å². The summed E-state index contributed by atoms with van der Waals surface area (Å²) in [5.41, 5.74) is 3.49. The molecule has 0 bridgehead atoms. The highest BCUT2D eigenvalue weighted by molar-refractivity contribution is 5.51. The predicted molar refractivity (Wildman–Crippen MR) is 76.0 cm³/mol. The van der Waals surface area contributed by atoms with Gasteiger partial charge in [0.05, 0.1) is 6.61 Å². The van der Waals surface area contributed by atoms with E-state index in [-0.39, 0.29) is 6.61 Å². The number of aliphatic hydroxyl groups is 1. The average molecular weight is 248 g/mol. The first-order chi connectivity index (χ1) is 8.61. The molecule has 0 spiro atoms. The number of likely N-dealkylation sites (N-methyl/N-ethyl adjacent to an activating group) is 1. The van der Waals surface area contributed by atoms with Crippen LogP contribution in [0.15, 0.2) is 18.2 Å². The Morgan fingerprint density at radius 2 is 2.11 bits per heavy atom. The highest BCUT2D eigenvalue weighted by atomic mass is 16.3. The lowest BCUT2D eigenvalue weighted by molar-refractivity contribution is 0.281. The van der Waals surface area contributed by atoms with Gasteiger partial charge in [0.25, 0.3) is 0 Å². The summed E-state index contributed by atoms with van der Waals surface area (Å²) in [5.74, 6) is 0. The first-order valence-electron chi connectivity index (χ1n) is 6.77. The van der Waals surface area contributed by atoms with Gasteiger partial charge in [-0.05, 0) is 57.1 Å². The Labute approximate surface area is 110 Å². The molecule has 1 aromatic rings. The summed E-state index contributed by atoms with van der Waals surface area (Å²) in [7, 11) is 2.19. The van der Waals surface area contributed by atoms with Crippen LogP contribution in [0, 0.1) is 6.92 Å². The minimum Gasteiger partial charge on any atom is -0.392 e. The summed E-state index contributed by atoms with van der Waals surface area (Å²) in [4.78, 5) is 4.89. The minimum atomic E-state index is 0.129. The quantitative estimate of drug-likeness (QED) is 0.867. The Hall–Kier alpha value is -1.06. The second-order valence-corrected chi connectivity index (χ2v) is 5.43. The Bertz CT molecular complexity index is 405. The van der Waals surface area contributed by atoms with E-state index in [9.17, 15) is 5.11 Å². The van der Waals surface area contributed by atoms with Crippen LogP contribution in [0.4, 0.5) is 5.69 Å². The summed E-state index contributed by atoms with van der Waals surface area (Å²) in [6, 6.07) is 6.93. The number of benzene rings is 1. The molecule has 1 unspecified atom stereocenters. The van der Waals surface area contributed by atoms with Crippen molar-refractivity contribution in [3.8, 4) is 0 Å². The topological polar surface area (TPSA) is 26.7 Å². The van der Waals surface area contributed by atoms with E-state index < -0.39 is 0 Å². The third-order valence-corrected chi connectivity index (χ3v) is 3.87. The summed E-state index contributed by atoms with van der Waals surface area (Å²) in [6.45, 7) is 7.89. The lowest BCUT2D eigenvalue weighted by atomic mass is 10.1. The molecule has 1 atom stereocenters. The number of aliphatic hydroxyl groups excluding tert-OH is 1. The molecule has 0 aliphatic carbocycles. The molecule has 0 aromatic heterocycles. The highest BCUT2D eigenvalue weighted by Crippen LogP contribution is 2.23. The number of hydrogen-bond acceptors (Lipinski definition) is 3. The number of hydrogen-bond donors (Lipinski definition) is 1. The van der Waals surface area contributed by atoms with E-state index in [1.165, 1.54) is 24.2 Å². The van der Waals surface area contributed by atoms with Crippen molar-refractivity contribution >= 4 is 5.69 Å². The molecule has 1 aromatic carbocycles. The van der Waals surface area contributed by atoms with Gasteiger partial charge in [-0.1, -0.05) is 6.07 Å². The van der Waals surface area contributed by atoms with Gasteiger partial charge in [-0.2, -0.15) is 0 Å². The summed E-state index contributed by atoms with van der Waals surface area (Å²) >= 11 is 0. The van der Waals surface area contributed by atoms with Crippen LogP contribution in [0.1, 0.15) is 24.5 Å². The Morgan fingerprint density at radius 1 is 1.33 bits per heavy atom. The fraction of sp³-hybridized carbons (Fsp3) is 0.600. The zero-order chi connectivity index (χ0) is 13.1. The molecule has 3 nitrogen and oxygen atoms in total. The fourth-order valence-corrected chi connectivity index (χ4v) is 2.79. The van der Waals surface area contributed by atoms with E-state index in [0.717, 1.165) is 18.7 Å². The molecule has 1 saturated heterocycles. The van der Waals surface area contributed by atoms with Gasteiger partial charge in [0.1, 0.15) is 0 Å². The van der Waals surface area contributed by atoms with Crippen LogP contribution in [0.3, 0.4) is 0 Å².